The van der Waals surface area contributed by atoms with Crippen LogP contribution in [0.4, 0.5) is 0 Å². The molecule has 0 amide bonds. The van der Waals surface area contributed by atoms with Crippen LogP contribution >= 0.6 is 0 Å². The minimum absolute atomic E-state index is 0.166. The number of para-hydroxylation sites is 1. The number of aromatic carboxylic acids is 1. The summed E-state index contributed by atoms with van der Waals surface area (Å²) in [7, 11) is 0. The van der Waals surface area contributed by atoms with Gasteiger partial charge in [-0.2, -0.15) is 0 Å². The second kappa shape index (κ2) is 5.23. The fourth-order valence-corrected chi connectivity index (χ4v) is 1.55. The van der Waals surface area contributed by atoms with E-state index >= 15 is 0 Å². The Morgan fingerprint density at radius 2 is 1.78 bits per heavy atom. The van der Waals surface area contributed by atoms with Crippen LogP contribution in [0, 0.1) is 0 Å². The van der Waals surface area contributed by atoms with Gasteiger partial charge in [-0.25, -0.2) is 4.79 Å². The van der Waals surface area contributed by atoms with Gasteiger partial charge in [-0.1, -0.05) is 36.4 Å². The predicted molar refractivity (Wildman–Crippen MR) is 65.8 cm³/mol. The van der Waals surface area contributed by atoms with E-state index in [9.17, 15) is 9.90 Å². The first kappa shape index (κ1) is 12.0. The van der Waals surface area contributed by atoms with Crippen LogP contribution in [0.25, 0.3) is 0 Å². The number of carboxylic acid groups (broad SMARTS) is 1. The first-order chi connectivity index (χ1) is 8.68. The van der Waals surface area contributed by atoms with Crippen molar-refractivity contribution in [2.45, 2.75) is 6.61 Å². The highest BCUT2D eigenvalue weighted by atomic mass is 16.5. The van der Waals surface area contributed by atoms with Crippen LogP contribution < -0.4 is 4.74 Å². The summed E-state index contributed by atoms with van der Waals surface area (Å²) in [4.78, 5) is 10.8. The molecular formula is C14H12O4. The molecule has 4 heteroatoms. The SMILES string of the molecule is O=C(O)c1cccc(OCc2ccccc2)c1O. The molecule has 2 aromatic carbocycles. The molecule has 0 bridgehead atoms. The molecule has 0 saturated carbocycles. The molecule has 0 atom stereocenters. The van der Waals surface area contributed by atoms with Gasteiger partial charge in [0.2, 0.25) is 0 Å². The van der Waals surface area contributed by atoms with Gasteiger partial charge < -0.3 is 14.9 Å². The average Bonchev–Trinajstić information content (AvgIpc) is 2.38. The van der Waals surface area contributed by atoms with Gasteiger partial charge in [-0.05, 0) is 17.7 Å². The molecule has 0 saturated heterocycles. The van der Waals surface area contributed by atoms with Crippen LogP contribution in [0.5, 0.6) is 11.5 Å². The standard InChI is InChI=1S/C14H12O4/c15-13-11(14(16)17)7-4-8-12(13)18-9-10-5-2-1-3-6-10/h1-8,15H,9H2,(H,16,17). The molecule has 2 aromatic rings. The molecule has 0 aromatic heterocycles. The summed E-state index contributed by atoms with van der Waals surface area (Å²) in [6, 6.07) is 13.8. The normalized spacial score (nSPS) is 10.0. The fraction of sp³-hybridized carbons (Fsp3) is 0.0714. The summed E-state index contributed by atoms with van der Waals surface area (Å²) in [5, 5.41) is 18.6. The number of carboxylic acids is 1. The Kier molecular flexibility index (Phi) is 3.48. The fourth-order valence-electron chi connectivity index (χ4n) is 1.55. The molecule has 2 rings (SSSR count). The lowest BCUT2D eigenvalue weighted by atomic mass is 10.2. The van der Waals surface area contributed by atoms with Gasteiger partial charge in [-0.3, -0.25) is 0 Å². The molecule has 4 nitrogen and oxygen atoms in total. The average molecular weight is 244 g/mol. The zero-order chi connectivity index (χ0) is 13.0. The molecule has 0 aliphatic rings. The van der Waals surface area contributed by atoms with Crippen LogP contribution in [-0.2, 0) is 6.61 Å². The van der Waals surface area contributed by atoms with Gasteiger partial charge in [0.05, 0.1) is 0 Å². The van der Waals surface area contributed by atoms with E-state index < -0.39 is 5.97 Å². The highest BCUT2D eigenvalue weighted by molar-refractivity contribution is 5.91. The third kappa shape index (κ3) is 2.60. The Morgan fingerprint density at radius 3 is 2.44 bits per heavy atom. The third-order valence-corrected chi connectivity index (χ3v) is 2.47. The van der Waals surface area contributed by atoms with Crippen molar-refractivity contribution in [3.63, 3.8) is 0 Å². The zero-order valence-electron chi connectivity index (χ0n) is 9.54. The summed E-state index contributed by atoms with van der Waals surface area (Å²) in [6.07, 6.45) is 0. The number of phenols is 1. The van der Waals surface area contributed by atoms with Crippen molar-refractivity contribution in [2.24, 2.45) is 0 Å². The lowest BCUT2D eigenvalue weighted by Gasteiger charge is -2.09. The van der Waals surface area contributed by atoms with Crippen LogP contribution in [0.3, 0.4) is 0 Å². The second-order valence-electron chi connectivity index (χ2n) is 3.73. The maximum Gasteiger partial charge on any atom is 0.339 e. The first-order valence-electron chi connectivity index (χ1n) is 5.40. The maximum atomic E-state index is 10.8. The van der Waals surface area contributed by atoms with Gasteiger partial charge in [0, 0.05) is 0 Å². The van der Waals surface area contributed by atoms with Crippen LogP contribution in [-0.4, -0.2) is 16.2 Å². The highest BCUT2D eigenvalue weighted by Gasteiger charge is 2.13. The summed E-state index contributed by atoms with van der Waals surface area (Å²) in [6.45, 7) is 0.275. The lowest BCUT2D eigenvalue weighted by Crippen LogP contribution is -2.00. The van der Waals surface area contributed by atoms with Gasteiger partial charge in [0.15, 0.2) is 11.5 Å². The Balaban J connectivity index is 2.15. The Hall–Kier alpha value is -2.49. The third-order valence-electron chi connectivity index (χ3n) is 2.47. The molecule has 92 valence electrons. The van der Waals surface area contributed by atoms with Crippen molar-refractivity contribution in [3.05, 3.63) is 59.7 Å². The van der Waals surface area contributed by atoms with Crippen molar-refractivity contribution >= 4 is 5.97 Å². The highest BCUT2D eigenvalue weighted by Crippen LogP contribution is 2.30. The van der Waals surface area contributed by atoms with E-state index in [0.29, 0.717) is 0 Å². The number of hydrogen-bond donors (Lipinski definition) is 2. The molecule has 0 fully saturated rings. The summed E-state index contributed by atoms with van der Waals surface area (Å²) >= 11 is 0. The summed E-state index contributed by atoms with van der Waals surface area (Å²) < 4.78 is 5.40. The van der Waals surface area contributed by atoms with Crippen molar-refractivity contribution in [2.75, 3.05) is 0 Å². The number of rotatable bonds is 4. The van der Waals surface area contributed by atoms with Gasteiger partial charge in [0.1, 0.15) is 12.2 Å². The quantitative estimate of drug-likeness (QED) is 0.867. The summed E-state index contributed by atoms with van der Waals surface area (Å²) in [5.74, 6) is -1.36. The van der Waals surface area contributed by atoms with E-state index in [2.05, 4.69) is 0 Å². The molecule has 0 aliphatic carbocycles. The topological polar surface area (TPSA) is 66.8 Å². The predicted octanol–water partition coefficient (Wildman–Crippen LogP) is 2.67. The van der Waals surface area contributed by atoms with Crippen LogP contribution in [0.2, 0.25) is 0 Å². The Bertz CT molecular complexity index is 549. The minimum Gasteiger partial charge on any atom is -0.504 e. The van der Waals surface area contributed by atoms with Gasteiger partial charge >= 0.3 is 5.97 Å². The molecular weight excluding hydrogens is 232 g/mol. The van der Waals surface area contributed by atoms with E-state index in [1.807, 2.05) is 30.3 Å². The van der Waals surface area contributed by atoms with Crippen molar-refractivity contribution in [1.82, 2.24) is 0 Å². The number of hydrogen-bond acceptors (Lipinski definition) is 3. The van der Waals surface area contributed by atoms with E-state index in [1.165, 1.54) is 18.2 Å². The molecule has 0 unspecified atom stereocenters. The molecule has 0 aliphatic heterocycles. The van der Waals surface area contributed by atoms with E-state index in [0.717, 1.165) is 5.56 Å². The van der Waals surface area contributed by atoms with Crippen molar-refractivity contribution < 1.29 is 19.7 Å². The van der Waals surface area contributed by atoms with E-state index in [-0.39, 0.29) is 23.7 Å². The van der Waals surface area contributed by atoms with E-state index in [1.54, 1.807) is 0 Å². The maximum absolute atomic E-state index is 10.8. The molecule has 0 spiro atoms. The van der Waals surface area contributed by atoms with Gasteiger partial charge in [-0.15, -0.1) is 0 Å². The Morgan fingerprint density at radius 1 is 1.06 bits per heavy atom. The Labute approximate surface area is 104 Å². The second-order valence-corrected chi connectivity index (χ2v) is 3.73. The largest absolute Gasteiger partial charge is 0.504 e. The first-order valence-corrected chi connectivity index (χ1v) is 5.40. The van der Waals surface area contributed by atoms with E-state index in [4.69, 9.17) is 9.84 Å². The minimum atomic E-state index is -1.18. The summed E-state index contributed by atoms with van der Waals surface area (Å²) in [5.41, 5.74) is 0.776. The number of aromatic hydroxyl groups is 1. The number of benzene rings is 2. The van der Waals surface area contributed by atoms with Crippen molar-refractivity contribution in [1.29, 1.82) is 0 Å². The van der Waals surface area contributed by atoms with Crippen molar-refractivity contribution in [3.8, 4) is 11.5 Å². The van der Waals surface area contributed by atoms with Gasteiger partial charge in [0.25, 0.3) is 0 Å². The molecule has 0 radical (unpaired) electrons. The smallest absolute Gasteiger partial charge is 0.339 e. The number of carbonyl (C=O) groups is 1. The lowest BCUT2D eigenvalue weighted by molar-refractivity contribution is 0.0692. The number of ether oxygens (including phenoxy) is 1. The molecule has 2 N–H and O–H groups in total. The zero-order valence-corrected chi connectivity index (χ0v) is 9.54. The molecule has 0 heterocycles. The van der Waals surface area contributed by atoms with Crippen LogP contribution in [0.15, 0.2) is 48.5 Å². The molecule has 18 heavy (non-hydrogen) atoms. The monoisotopic (exact) mass is 244 g/mol. The van der Waals surface area contributed by atoms with Crippen LogP contribution in [0.1, 0.15) is 15.9 Å².